The van der Waals surface area contributed by atoms with Gasteiger partial charge in [0.1, 0.15) is 0 Å². The van der Waals surface area contributed by atoms with Crippen molar-refractivity contribution in [1.29, 1.82) is 0 Å². The largest absolute Gasteiger partial charge is 0.481 e. The third kappa shape index (κ3) is 4.46. The quantitative estimate of drug-likeness (QED) is 0.884. The summed E-state index contributed by atoms with van der Waals surface area (Å²) in [5, 5.41) is 8.56. The van der Waals surface area contributed by atoms with E-state index in [2.05, 4.69) is 0 Å². The van der Waals surface area contributed by atoms with Crippen LogP contribution in [0.4, 0.5) is 13.2 Å². The van der Waals surface area contributed by atoms with Gasteiger partial charge in [0.15, 0.2) is 0 Å². The summed E-state index contributed by atoms with van der Waals surface area (Å²) < 4.78 is 36.8. The Morgan fingerprint density at radius 1 is 1.29 bits per heavy atom. The molecule has 0 amide bonds. The maximum absolute atomic E-state index is 12.3. The smallest absolute Gasteiger partial charge is 0.416 e. The van der Waals surface area contributed by atoms with Crippen LogP contribution in [0.5, 0.6) is 0 Å². The fraction of sp³-hybridized carbons (Fsp3) is 0.417. The molecular weight excluding hydrogens is 233 g/mol. The predicted molar refractivity (Wildman–Crippen MR) is 56.6 cm³/mol. The maximum Gasteiger partial charge on any atom is 0.416 e. The second-order valence-corrected chi connectivity index (χ2v) is 4.10. The molecule has 0 aliphatic carbocycles. The van der Waals surface area contributed by atoms with Crippen molar-refractivity contribution in [3.05, 3.63) is 35.4 Å². The first-order chi connectivity index (χ1) is 7.79. The highest BCUT2D eigenvalue weighted by Crippen LogP contribution is 2.29. The van der Waals surface area contributed by atoms with Gasteiger partial charge in [-0.2, -0.15) is 13.2 Å². The van der Waals surface area contributed by atoms with Crippen molar-refractivity contribution >= 4 is 5.97 Å². The van der Waals surface area contributed by atoms with Gasteiger partial charge in [0, 0.05) is 6.42 Å². The van der Waals surface area contributed by atoms with E-state index < -0.39 is 17.7 Å². The van der Waals surface area contributed by atoms with E-state index in [1.54, 1.807) is 6.92 Å². The van der Waals surface area contributed by atoms with Gasteiger partial charge in [-0.15, -0.1) is 0 Å². The van der Waals surface area contributed by atoms with Crippen molar-refractivity contribution in [1.82, 2.24) is 0 Å². The van der Waals surface area contributed by atoms with E-state index in [0.29, 0.717) is 12.0 Å². The van der Waals surface area contributed by atoms with Gasteiger partial charge in [0.25, 0.3) is 0 Å². The van der Waals surface area contributed by atoms with Crippen LogP contribution in [0.3, 0.4) is 0 Å². The molecule has 1 N–H and O–H groups in total. The summed E-state index contributed by atoms with van der Waals surface area (Å²) in [7, 11) is 0. The molecule has 0 aliphatic rings. The van der Waals surface area contributed by atoms with Gasteiger partial charge in [0.2, 0.25) is 0 Å². The Hall–Kier alpha value is -1.52. The van der Waals surface area contributed by atoms with Crippen LogP contribution in [0, 0.1) is 5.92 Å². The molecule has 0 saturated heterocycles. The van der Waals surface area contributed by atoms with Crippen LogP contribution in [-0.2, 0) is 17.4 Å². The summed E-state index contributed by atoms with van der Waals surface area (Å²) >= 11 is 0. The normalized spacial score (nSPS) is 13.4. The van der Waals surface area contributed by atoms with E-state index in [-0.39, 0.29) is 12.3 Å². The fourth-order valence-corrected chi connectivity index (χ4v) is 1.60. The van der Waals surface area contributed by atoms with Crippen LogP contribution < -0.4 is 0 Å². The number of halogens is 3. The maximum atomic E-state index is 12.3. The summed E-state index contributed by atoms with van der Waals surface area (Å²) in [5.74, 6) is -0.992. The molecule has 5 heteroatoms. The van der Waals surface area contributed by atoms with Crippen LogP contribution in [-0.4, -0.2) is 11.1 Å². The van der Waals surface area contributed by atoms with Gasteiger partial charge in [-0.1, -0.05) is 19.1 Å². The molecule has 17 heavy (non-hydrogen) atoms. The minimum atomic E-state index is -4.33. The standard InChI is InChI=1S/C12H13F3O2/c1-8(7-11(16)17)6-9-2-4-10(5-3-9)12(13,14)15/h2-5,8H,6-7H2,1H3,(H,16,17). The molecule has 1 aromatic rings. The highest BCUT2D eigenvalue weighted by molar-refractivity contribution is 5.67. The van der Waals surface area contributed by atoms with E-state index in [1.165, 1.54) is 12.1 Å². The van der Waals surface area contributed by atoms with Gasteiger partial charge < -0.3 is 5.11 Å². The number of carboxylic acid groups (broad SMARTS) is 1. The average molecular weight is 246 g/mol. The van der Waals surface area contributed by atoms with Crippen LogP contribution >= 0.6 is 0 Å². The highest BCUT2D eigenvalue weighted by atomic mass is 19.4. The Morgan fingerprint density at radius 3 is 2.24 bits per heavy atom. The van der Waals surface area contributed by atoms with Gasteiger partial charge in [-0.25, -0.2) is 0 Å². The number of hydrogen-bond acceptors (Lipinski definition) is 1. The lowest BCUT2D eigenvalue weighted by molar-refractivity contribution is -0.138. The van der Waals surface area contributed by atoms with Gasteiger partial charge in [-0.3, -0.25) is 4.79 Å². The van der Waals surface area contributed by atoms with E-state index in [4.69, 9.17) is 5.11 Å². The summed E-state index contributed by atoms with van der Waals surface area (Å²) in [6, 6.07) is 4.81. The second kappa shape index (κ2) is 5.21. The second-order valence-electron chi connectivity index (χ2n) is 4.10. The van der Waals surface area contributed by atoms with Crippen molar-refractivity contribution in [2.45, 2.75) is 25.9 Å². The molecule has 1 unspecified atom stereocenters. The highest BCUT2D eigenvalue weighted by Gasteiger charge is 2.29. The Morgan fingerprint density at radius 2 is 1.82 bits per heavy atom. The van der Waals surface area contributed by atoms with Crippen molar-refractivity contribution in [2.75, 3.05) is 0 Å². The minimum Gasteiger partial charge on any atom is -0.481 e. The van der Waals surface area contributed by atoms with Gasteiger partial charge in [0.05, 0.1) is 5.56 Å². The van der Waals surface area contributed by atoms with E-state index >= 15 is 0 Å². The van der Waals surface area contributed by atoms with Crippen molar-refractivity contribution in [3.63, 3.8) is 0 Å². The monoisotopic (exact) mass is 246 g/mol. The first-order valence-corrected chi connectivity index (χ1v) is 5.17. The first-order valence-electron chi connectivity index (χ1n) is 5.17. The number of hydrogen-bond donors (Lipinski definition) is 1. The minimum absolute atomic E-state index is 0.0149. The topological polar surface area (TPSA) is 37.3 Å². The molecule has 0 aliphatic heterocycles. The van der Waals surface area contributed by atoms with Crippen LogP contribution in [0.2, 0.25) is 0 Å². The lowest BCUT2D eigenvalue weighted by atomic mass is 9.97. The van der Waals surface area contributed by atoms with Gasteiger partial charge in [-0.05, 0) is 30.0 Å². The number of rotatable bonds is 4. The van der Waals surface area contributed by atoms with Gasteiger partial charge >= 0.3 is 12.1 Å². The molecule has 1 rings (SSSR count). The summed E-state index contributed by atoms with van der Waals surface area (Å²) in [6.45, 7) is 1.76. The van der Waals surface area contributed by atoms with Crippen LogP contribution in [0.1, 0.15) is 24.5 Å². The van der Waals surface area contributed by atoms with Crippen molar-refractivity contribution in [2.24, 2.45) is 5.92 Å². The van der Waals surface area contributed by atoms with E-state index in [9.17, 15) is 18.0 Å². The first kappa shape index (κ1) is 13.5. The predicted octanol–water partition coefficient (Wildman–Crippen LogP) is 3.36. The third-order valence-corrected chi connectivity index (χ3v) is 2.39. The zero-order chi connectivity index (χ0) is 13.1. The SMILES string of the molecule is CC(CC(=O)O)Cc1ccc(C(F)(F)F)cc1. The Balaban J connectivity index is 2.66. The van der Waals surface area contributed by atoms with E-state index in [0.717, 1.165) is 12.1 Å². The van der Waals surface area contributed by atoms with E-state index in [1.807, 2.05) is 0 Å². The molecule has 2 nitrogen and oxygen atoms in total. The number of carbonyl (C=O) groups is 1. The number of carboxylic acids is 1. The van der Waals surface area contributed by atoms with Crippen LogP contribution in [0.15, 0.2) is 24.3 Å². The molecule has 0 saturated carbocycles. The summed E-state index contributed by atoms with van der Waals surface area (Å²) in [5.41, 5.74) is 0.0267. The third-order valence-electron chi connectivity index (χ3n) is 2.39. The molecule has 0 aromatic heterocycles. The number of alkyl halides is 3. The number of benzene rings is 1. The lowest BCUT2D eigenvalue weighted by Gasteiger charge is -2.10. The zero-order valence-corrected chi connectivity index (χ0v) is 9.29. The molecule has 0 radical (unpaired) electrons. The van der Waals surface area contributed by atoms with Crippen LogP contribution in [0.25, 0.3) is 0 Å². The molecule has 1 atom stereocenters. The van der Waals surface area contributed by atoms with Crippen molar-refractivity contribution in [3.8, 4) is 0 Å². The fourth-order valence-electron chi connectivity index (χ4n) is 1.60. The summed E-state index contributed by atoms with van der Waals surface area (Å²) in [4.78, 5) is 10.4. The Kier molecular flexibility index (Phi) is 4.15. The summed E-state index contributed by atoms with van der Waals surface area (Å²) in [6.07, 6.45) is -3.85. The zero-order valence-electron chi connectivity index (χ0n) is 9.29. The Bertz CT molecular complexity index is 382. The Labute approximate surface area is 97.1 Å². The molecule has 0 bridgehead atoms. The molecule has 1 aromatic carbocycles. The van der Waals surface area contributed by atoms with Crippen molar-refractivity contribution < 1.29 is 23.1 Å². The molecule has 0 fully saturated rings. The molecule has 94 valence electrons. The number of aliphatic carboxylic acids is 1. The lowest BCUT2D eigenvalue weighted by Crippen LogP contribution is -2.08. The average Bonchev–Trinajstić information content (AvgIpc) is 2.15. The molecule has 0 spiro atoms. The molecular formula is C12H13F3O2. The molecule has 0 heterocycles.